The molecule has 0 aromatic rings. The summed E-state index contributed by atoms with van der Waals surface area (Å²) in [7, 11) is 0. The molecular formula is C21H40O2. The second-order valence-corrected chi connectivity index (χ2v) is 6.90. The Labute approximate surface area is 145 Å². The van der Waals surface area contributed by atoms with E-state index in [-0.39, 0.29) is 6.29 Å². The molecule has 0 bridgehead atoms. The van der Waals surface area contributed by atoms with Gasteiger partial charge in [0.1, 0.15) is 0 Å². The van der Waals surface area contributed by atoms with E-state index in [0.717, 1.165) is 19.6 Å². The van der Waals surface area contributed by atoms with Crippen LogP contribution in [0.25, 0.3) is 0 Å². The van der Waals surface area contributed by atoms with Gasteiger partial charge in [0.2, 0.25) is 0 Å². The zero-order chi connectivity index (χ0) is 16.4. The third-order valence-electron chi connectivity index (χ3n) is 4.60. The number of hydrogen-bond donors (Lipinski definition) is 0. The molecule has 0 spiro atoms. The van der Waals surface area contributed by atoms with Crippen LogP contribution in [-0.4, -0.2) is 19.5 Å². The standard InChI is InChI=1S/C21H40O2/c1-2-3-4-5-6-7-8-9-10-11-12-13-14-16-19-22-21-18-15-17-20-23-21/h5-6,21H,2-4,7-20H2,1H3. The van der Waals surface area contributed by atoms with Gasteiger partial charge in [0, 0.05) is 13.2 Å². The highest BCUT2D eigenvalue weighted by Crippen LogP contribution is 2.15. The van der Waals surface area contributed by atoms with Gasteiger partial charge in [0.15, 0.2) is 6.29 Å². The molecule has 1 heterocycles. The molecule has 1 fully saturated rings. The first kappa shape index (κ1) is 20.7. The predicted molar refractivity (Wildman–Crippen MR) is 99.8 cm³/mol. The molecule has 136 valence electrons. The van der Waals surface area contributed by atoms with Crippen molar-refractivity contribution in [3.05, 3.63) is 12.2 Å². The maximum absolute atomic E-state index is 5.76. The Morgan fingerprint density at radius 3 is 2.13 bits per heavy atom. The topological polar surface area (TPSA) is 18.5 Å². The number of unbranched alkanes of at least 4 members (excludes halogenated alkanes) is 10. The summed E-state index contributed by atoms with van der Waals surface area (Å²) in [6, 6.07) is 0. The molecule has 1 aliphatic rings. The Morgan fingerprint density at radius 1 is 0.826 bits per heavy atom. The molecule has 0 amide bonds. The Morgan fingerprint density at radius 2 is 1.48 bits per heavy atom. The van der Waals surface area contributed by atoms with Crippen molar-refractivity contribution < 1.29 is 9.47 Å². The van der Waals surface area contributed by atoms with Crippen LogP contribution in [0.5, 0.6) is 0 Å². The van der Waals surface area contributed by atoms with Gasteiger partial charge in [-0.3, -0.25) is 0 Å². The fourth-order valence-electron chi connectivity index (χ4n) is 3.04. The molecule has 2 nitrogen and oxygen atoms in total. The molecule has 0 aliphatic carbocycles. The molecule has 0 N–H and O–H groups in total. The van der Waals surface area contributed by atoms with Crippen molar-refractivity contribution in [3.63, 3.8) is 0 Å². The summed E-state index contributed by atoms with van der Waals surface area (Å²) in [5.74, 6) is 0. The molecule has 23 heavy (non-hydrogen) atoms. The van der Waals surface area contributed by atoms with Gasteiger partial charge in [-0.25, -0.2) is 0 Å². The molecular weight excluding hydrogens is 284 g/mol. The van der Waals surface area contributed by atoms with Gasteiger partial charge in [-0.05, 0) is 44.9 Å². The van der Waals surface area contributed by atoms with Crippen molar-refractivity contribution in [1.29, 1.82) is 0 Å². The van der Waals surface area contributed by atoms with E-state index in [9.17, 15) is 0 Å². The largest absolute Gasteiger partial charge is 0.353 e. The van der Waals surface area contributed by atoms with Crippen LogP contribution in [0.2, 0.25) is 0 Å². The lowest BCUT2D eigenvalue weighted by Gasteiger charge is -2.22. The first-order chi connectivity index (χ1) is 11.4. The lowest BCUT2D eigenvalue weighted by Crippen LogP contribution is -2.22. The minimum atomic E-state index is 0.0970. The zero-order valence-corrected chi connectivity index (χ0v) is 15.6. The third-order valence-corrected chi connectivity index (χ3v) is 4.60. The van der Waals surface area contributed by atoms with Crippen LogP contribution in [0.4, 0.5) is 0 Å². The summed E-state index contributed by atoms with van der Waals surface area (Å²) in [6.45, 7) is 4.03. The predicted octanol–water partition coefficient (Wildman–Crippen LogP) is 6.79. The molecule has 0 saturated carbocycles. The van der Waals surface area contributed by atoms with Crippen molar-refractivity contribution in [3.8, 4) is 0 Å². The van der Waals surface area contributed by atoms with Crippen molar-refractivity contribution in [2.45, 2.75) is 110 Å². The highest BCUT2D eigenvalue weighted by atomic mass is 16.7. The smallest absolute Gasteiger partial charge is 0.157 e. The quantitative estimate of drug-likeness (QED) is 0.244. The fraction of sp³-hybridized carbons (Fsp3) is 0.905. The first-order valence-corrected chi connectivity index (χ1v) is 10.3. The zero-order valence-electron chi connectivity index (χ0n) is 15.6. The Kier molecular flexibility index (Phi) is 14.9. The van der Waals surface area contributed by atoms with Crippen LogP contribution in [0.1, 0.15) is 103 Å². The number of rotatable bonds is 15. The van der Waals surface area contributed by atoms with Gasteiger partial charge in [-0.2, -0.15) is 0 Å². The maximum Gasteiger partial charge on any atom is 0.157 e. The van der Waals surface area contributed by atoms with E-state index < -0.39 is 0 Å². The fourth-order valence-corrected chi connectivity index (χ4v) is 3.04. The molecule has 1 unspecified atom stereocenters. The monoisotopic (exact) mass is 324 g/mol. The highest BCUT2D eigenvalue weighted by Gasteiger charge is 2.13. The summed E-state index contributed by atoms with van der Waals surface area (Å²) in [5.41, 5.74) is 0. The number of hydrogen-bond acceptors (Lipinski definition) is 2. The molecule has 0 aromatic carbocycles. The van der Waals surface area contributed by atoms with Crippen molar-refractivity contribution in [2.24, 2.45) is 0 Å². The number of allylic oxidation sites excluding steroid dienone is 2. The summed E-state index contributed by atoms with van der Waals surface area (Å²) in [6.07, 6.45) is 24.5. The molecule has 1 aliphatic heterocycles. The average Bonchev–Trinajstić information content (AvgIpc) is 2.59. The highest BCUT2D eigenvalue weighted by molar-refractivity contribution is 4.81. The SMILES string of the molecule is CCCCC=CCCCCCCCCCCOC1CCCCO1. The van der Waals surface area contributed by atoms with Crippen LogP contribution in [0.3, 0.4) is 0 Å². The van der Waals surface area contributed by atoms with Gasteiger partial charge in [0.25, 0.3) is 0 Å². The van der Waals surface area contributed by atoms with Gasteiger partial charge >= 0.3 is 0 Å². The average molecular weight is 325 g/mol. The summed E-state index contributed by atoms with van der Waals surface area (Å²) >= 11 is 0. The molecule has 1 rings (SSSR count). The molecule has 0 aromatic heterocycles. The van der Waals surface area contributed by atoms with Crippen LogP contribution in [-0.2, 0) is 9.47 Å². The summed E-state index contributed by atoms with van der Waals surface area (Å²) < 4.78 is 11.3. The third kappa shape index (κ3) is 13.8. The summed E-state index contributed by atoms with van der Waals surface area (Å²) in [5, 5.41) is 0. The Bertz CT molecular complexity index is 257. The van der Waals surface area contributed by atoms with Crippen LogP contribution >= 0.6 is 0 Å². The Balaban J connectivity index is 1.70. The second kappa shape index (κ2) is 16.5. The number of ether oxygens (including phenoxy) is 2. The van der Waals surface area contributed by atoms with Crippen LogP contribution in [0.15, 0.2) is 12.2 Å². The van der Waals surface area contributed by atoms with E-state index >= 15 is 0 Å². The van der Waals surface area contributed by atoms with E-state index in [4.69, 9.17) is 9.47 Å². The van der Waals surface area contributed by atoms with E-state index in [0.29, 0.717) is 0 Å². The molecule has 1 saturated heterocycles. The van der Waals surface area contributed by atoms with Gasteiger partial charge in [-0.1, -0.05) is 70.4 Å². The second-order valence-electron chi connectivity index (χ2n) is 6.90. The lowest BCUT2D eigenvalue weighted by molar-refractivity contribution is -0.162. The van der Waals surface area contributed by atoms with Gasteiger partial charge in [0.05, 0.1) is 0 Å². The summed E-state index contributed by atoms with van der Waals surface area (Å²) in [4.78, 5) is 0. The van der Waals surface area contributed by atoms with Gasteiger partial charge in [-0.15, -0.1) is 0 Å². The van der Waals surface area contributed by atoms with Crippen molar-refractivity contribution >= 4 is 0 Å². The van der Waals surface area contributed by atoms with E-state index in [1.165, 1.54) is 89.9 Å². The first-order valence-electron chi connectivity index (χ1n) is 10.3. The van der Waals surface area contributed by atoms with Crippen LogP contribution in [0, 0.1) is 0 Å². The Hall–Kier alpha value is -0.340. The van der Waals surface area contributed by atoms with Crippen molar-refractivity contribution in [1.82, 2.24) is 0 Å². The minimum Gasteiger partial charge on any atom is -0.353 e. The van der Waals surface area contributed by atoms with Crippen LogP contribution < -0.4 is 0 Å². The van der Waals surface area contributed by atoms with E-state index in [1.807, 2.05) is 0 Å². The molecule has 1 atom stereocenters. The minimum absolute atomic E-state index is 0.0970. The van der Waals surface area contributed by atoms with Gasteiger partial charge < -0.3 is 9.47 Å². The maximum atomic E-state index is 5.76. The lowest BCUT2D eigenvalue weighted by atomic mass is 10.1. The van der Waals surface area contributed by atoms with E-state index in [2.05, 4.69) is 19.1 Å². The molecule has 2 heteroatoms. The van der Waals surface area contributed by atoms with E-state index in [1.54, 1.807) is 0 Å². The molecule has 0 radical (unpaired) electrons. The van der Waals surface area contributed by atoms with Crippen molar-refractivity contribution in [2.75, 3.05) is 13.2 Å². The normalized spacial score (nSPS) is 18.7.